The van der Waals surface area contributed by atoms with Crippen molar-refractivity contribution in [2.24, 2.45) is 4.99 Å². The number of benzene rings is 1. The van der Waals surface area contributed by atoms with Crippen molar-refractivity contribution in [1.29, 1.82) is 0 Å². The van der Waals surface area contributed by atoms with E-state index in [1.54, 1.807) is 13.2 Å². The molecule has 0 bridgehead atoms. The van der Waals surface area contributed by atoms with E-state index in [1.807, 2.05) is 0 Å². The highest BCUT2D eigenvalue weighted by Crippen LogP contribution is 2.33. The summed E-state index contributed by atoms with van der Waals surface area (Å²) >= 11 is 1.06. The number of carbonyl (C=O) groups excluding carboxylic acids is 1. The number of aliphatic hydroxyl groups is 1. The van der Waals surface area contributed by atoms with Crippen molar-refractivity contribution in [3.05, 3.63) is 34.7 Å². The Bertz CT molecular complexity index is 776. The molecule has 0 unspecified atom stereocenters. The minimum atomic E-state index is -1.53. The van der Waals surface area contributed by atoms with Crippen LogP contribution in [0.25, 0.3) is 5.76 Å². The zero-order valence-electron chi connectivity index (χ0n) is 14.4. The molecule has 2 rings (SSSR count). The third kappa shape index (κ3) is 4.14. The first-order valence-electron chi connectivity index (χ1n) is 7.79. The van der Waals surface area contributed by atoms with E-state index >= 15 is 0 Å². The molecule has 0 radical (unpaired) electrons. The van der Waals surface area contributed by atoms with Gasteiger partial charge in [0.25, 0.3) is 0 Å². The highest BCUT2D eigenvalue weighted by molar-refractivity contribution is 8.14. The summed E-state index contributed by atoms with van der Waals surface area (Å²) in [6.45, 7) is 1.56. The molecule has 1 aromatic carbocycles. The highest BCUT2D eigenvalue weighted by atomic mass is 32.2. The normalized spacial score (nSPS) is 15.5. The molecule has 1 N–H and O–H groups in total. The largest absolute Gasteiger partial charge is 0.506 e. The molecule has 0 aromatic heterocycles. The van der Waals surface area contributed by atoms with Crippen LogP contribution in [-0.4, -0.2) is 42.1 Å². The van der Waals surface area contributed by atoms with E-state index in [0.717, 1.165) is 31.7 Å². The average molecular weight is 389 g/mol. The second-order valence-corrected chi connectivity index (χ2v) is 6.18. The van der Waals surface area contributed by atoms with E-state index < -0.39 is 46.1 Å². The Morgan fingerprint density at radius 2 is 2.00 bits per heavy atom. The molecule has 0 atom stereocenters. The summed E-state index contributed by atoms with van der Waals surface area (Å²) in [5.74, 6) is -7.14. The Balaban J connectivity index is 2.69. The Labute approximate surface area is 152 Å². The molecular weight excluding hydrogens is 371 g/mol. The average Bonchev–Trinajstić information content (AvgIpc) is 3.42. The van der Waals surface area contributed by atoms with Crippen LogP contribution in [0.3, 0.4) is 0 Å². The van der Waals surface area contributed by atoms with Crippen LogP contribution in [0.5, 0.6) is 5.75 Å². The second-order valence-electron chi connectivity index (χ2n) is 5.38. The van der Waals surface area contributed by atoms with Gasteiger partial charge in [0.1, 0.15) is 16.4 Å². The van der Waals surface area contributed by atoms with E-state index in [1.165, 1.54) is 0 Å². The lowest BCUT2D eigenvalue weighted by atomic mass is 10.1. The fraction of sp³-hybridized carbons (Fsp3) is 0.412. The van der Waals surface area contributed by atoms with Crippen LogP contribution in [0.2, 0.25) is 0 Å². The van der Waals surface area contributed by atoms with Gasteiger partial charge in [-0.2, -0.15) is 4.39 Å². The molecule has 1 fully saturated rings. The van der Waals surface area contributed by atoms with Crippen molar-refractivity contribution in [2.75, 3.05) is 20.0 Å². The van der Waals surface area contributed by atoms with Crippen LogP contribution in [-0.2, 0) is 9.53 Å². The summed E-state index contributed by atoms with van der Waals surface area (Å²) in [5.41, 5.74) is -1.13. The van der Waals surface area contributed by atoms with Crippen LogP contribution in [0.4, 0.5) is 13.2 Å². The Morgan fingerprint density at radius 3 is 2.50 bits per heavy atom. The maximum atomic E-state index is 14.5. The smallest absolute Gasteiger partial charge is 0.344 e. The Hall–Kier alpha value is -2.16. The van der Waals surface area contributed by atoms with Gasteiger partial charge in [0.15, 0.2) is 17.4 Å². The number of hydrogen-bond acceptors (Lipinski definition) is 6. The number of thioether (sulfide) groups is 1. The minimum Gasteiger partial charge on any atom is -0.506 e. The first-order valence-corrected chi connectivity index (χ1v) is 9.02. The van der Waals surface area contributed by atoms with Crippen LogP contribution >= 0.6 is 11.8 Å². The predicted octanol–water partition coefficient (Wildman–Crippen LogP) is 3.87. The first kappa shape index (κ1) is 20.2. The predicted molar refractivity (Wildman–Crippen MR) is 93.0 cm³/mol. The van der Waals surface area contributed by atoms with Crippen molar-refractivity contribution < 1.29 is 32.5 Å². The standard InChI is InChI=1S/C17H18F3NO4S/c1-4-25-17(23)11(16(26-3)21-8-5-6-8)14(22)9-7-10(18)13(20)15(24-2)12(9)19/h7-8,22H,4-6H2,1-3H3/b14-11-,21-16-. The number of esters is 1. The number of hydrogen-bond donors (Lipinski definition) is 1. The fourth-order valence-corrected chi connectivity index (χ4v) is 2.78. The summed E-state index contributed by atoms with van der Waals surface area (Å²) in [7, 11) is 0.958. The molecule has 1 aromatic rings. The van der Waals surface area contributed by atoms with Crippen molar-refractivity contribution in [2.45, 2.75) is 25.8 Å². The van der Waals surface area contributed by atoms with E-state index in [9.17, 15) is 23.1 Å². The summed E-state index contributed by atoms with van der Waals surface area (Å²) in [5, 5.41) is 10.7. The molecule has 9 heteroatoms. The zero-order chi connectivity index (χ0) is 19.4. The number of aliphatic hydroxyl groups excluding tert-OH is 1. The molecule has 0 spiro atoms. The van der Waals surface area contributed by atoms with Gasteiger partial charge in [0.2, 0.25) is 5.82 Å². The quantitative estimate of drug-likeness (QED) is 0.200. The van der Waals surface area contributed by atoms with Crippen molar-refractivity contribution >= 4 is 28.5 Å². The third-order valence-corrected chi connectivity index (χ3v) is 4.24. The molecule has 5 nitrogen and oxygen atoms in total. The minimum absolute atomic E-state index is 0.000913. The summed E-state index contributed by atoms with van der Waals surface area (Å²) in [4.78, 5) is 16.6. The third-order valence-electron chi connectivity index (χ3n) is 3.55. The van der Waals surface area contributed by atoms with Crippen LogP contribution < -0.4 is 4.74 Å². The van der Waals surface area contributed by atoms with Crippen molar-refractivity contribution in [3.8, 4) is 5.75 Å². The number of methoxy groups -OCH3 is 1. The summed E-state index contributed by atoms with van der Waals surface area (Å²) in [6.07, 6.45) is 3.28. The van der Waals surface area contributed by atoms with Gasteiger partial charge in [-0.3, -0.25) is 4.99 Å². The van der Waals surface area contributed by atoms with Crippen molar-refractivity contribution in [3.63, 3.8) is 0 Å². The first-order chi connectivity index (χ1) is 12.3. The number of aliphatic imine (C=N–C) groups is 1. The SMILES string of the molecule is CCOC(=O)C(/C(=N/C1CC1)SC)=C(\O)c1cc(F)c(F)c(OC)c1F. The zero-order valence-corrected chi connectivity index (χ0v) is 15.3. The molecule has 26 heavy (non-hydrogen) atoms. The number of halogens is 3. The topological polar surface area (TPSA) is 68.1 Å². The van der Waals surface area contributed by atoms with E-state index in [-0.39, 0.29) is 17.7 Å². The van der Waals surface area contributed by atoms with Gasteiger partial charge in [-0.25, -0.2) is 13.6 Å². The van der Waals surface area contributed by atoms with Gasteiger partial charge in [0.05, 0.1) is 25.3 Å². The number of carbonyl (C=O) groups is 1. The molecule has 1 aliphatic rings. The van der Waals surface area contributed by atoms with Crippen LogP contribution in [0.15, 0.2) is 16.6 Å². The molecule has 1 aliphatic carbocycles. The maximum absolute atomic E-state index is 14.5. The van der Waals surface area contributed by atoms with E-state index in [2.05, 4.69) is 9.73 Å². The van der Waals surface area contributed by atoms with Gasteiger partial charge in [-0.05, 0) is 32.1 Å². The fourth-order valence-electron chi connectivity index (χ4n) is 2.14. The molecular formula is C17H18F3NO4S. The van der Waals surface area contributed by atoms with Gasteiger partial charge in [0, 0.05) is 0 Å². The second kappa shape index (κ2) is 8.48. The summed E-state index contributed by atoms with van der Waals surface area (Å²) in [6, 6.07) is 0.454. The molecule has 0 aliphatic heterocycles. The lowest BCUT2D eigenvalue weighted by molar-refractivity contribution is -0.137. The lowest BCUT2D eigenvalue weighted by Gasteiger charge is -2.14. The number of nitrogens with zero attached hydrogens (tertiary/aromatic N) is 1. The monoisotopic (exact) mass is 389 g/mol. The Kier molecular flexibility index (Phi) is 6.57. The van der Waals surface area contributed by atoms with Crippen LogP contribution in [0, 0.1) is 17.5 Å². The highest BCUT2D eigenvalue weighted by Gasteiger charge is 2.30. The Morgan fingerprint density at radius 1 is 1.35 bits per heavy atom. The van der Waals surface area contributed by atoms with E-state index in [0.29, 0.717) is 6.07 Å². The van der Waals surface area contributed by atoms with Crippen molar-refractivity contribution in [1.82, 2.24) is 0 Å². The molecule has 0 heterocycles. The number of ether oxygens (including phenoxy) is 2. The van der Waals surface area contributed by atoms with Crippen LogP contribution in [0.1, 0.15) is 25.3 Å². The lowest BCUT2D eigenvalue weighted by Crippen LogP contribution is -2.17. The van der Waals surface area contributed by atoms with Gasteiger partial charge < -0.3 is 14.6 Å². The number of rotatable bonds is 6. The summed E-state index contributed by atoms with van der Waals surface area (Å²) < 4.78 is 51.3. The van der Waals surface area contributed by atoms with E-state index in [4.69, 9.17) is 4.74 Å². The molecule has 0 amide bonds. The van der Waals surface area contributed by atoms with Gasteiger partial charge in [-0.15, -0.1) is 11.8 Å². The maximum Gasteiger partial charge on any atom is 0.344 e. The van der Waals surface area contributed by atoms with Gasteiger partial charge >= 0.3 is 5.97 Å². The molecule has 1 saturated carbocycles. The molecule has 142 valence electrons. The molecule has 0 saturated heterocycles. The van der Waals surface area contributed by atoms with Gasteiger partial charge in [-0.1, -0.05) is 0 Å².